The summed E-state index contributed by atoms with van der Waals surface area (Å²) in [5, 5.41) is 7.77. The van der Waals surface area contributed by atoms with Crippen molar-refractivity contribution < 1.29 is 9.53 Å². The molecule has 2 heterocycles. The lowest BCUT2D eigenvalue weighted by molar-refractivity contribution is -0.116. The monoisotopic (exact) mass is 386 g/mol. The van der Waals surface area contributed by atoms with Crippen LogP contribution in [-0.2, 0) is 4.79 Å². The van der Waals surface area contributed by atoms with Crippen molar-refractivity contribution in [2.45, 2.75) is 31.7 Å². The molecule has 3 aromatic rings. The summed E-state index contributed by atoms with van der Waals surface area (Å²) < 4.78 is 7.37. The Balaban J connectivity index is 1.56. The molecule has 2 atom stereocenters. The summed E-state index contributed by atoms with van der Waals surface area (Å²) in [6.07, 6.45) is 2.81. The zero-order valence-electron chi connectivity index (χ0n) is 16.2. The van der Waals surface area contributed by atoms with Crippen LogP contribution in [0, 0.1) is 0 Å². The van der Waals surface area contributed by atoms with Crippen molar-refractivity contribution in [3.8, 4) is 5.75 Å². The number of anilines is 1. The number of aromatic nitrogens is 3. The third kappa shape index (κ3) is 3.10. The van der Waals surface area contributed by atoms with Crippen LogP contribution in [0.25, 0.3) is 0 Å². The molecule has 6 heteroatoms. The summed E-state index contributed by atoms with van der Waals surface area (Å²) >= 11 is 0. The lowest BCUT2D eigenvalue weighted by atomic mass is 9.78. The van der Waals surface area contributed by atoms with E-state index in [2.05, 4.69) is 27.5 Å². The van der Waals surface area contributed by atoms with Crippen LogP contribution in [0.1, 0.15) is 42.9 Å². The number of carbonyl (C=O) groups is 1. The van der Waals surface area contributed by atoms with Crippen molar-refractivity contribution in [2.75, 3.05) is 11.9 Å². The van der Waals surface area contributed by atoms with Gasteiger partial charge in [-0.25, -0.2) is 4.68 Å². The van der Waals surface area contributed by atoms with Gasteiger partial charge in [-0.1, -0.05) is 42.5 Å². The predicted molar refractivity (Wildman–Crippen MR) is 110 cm³/mol. The number of benzene rings is 2. The lowest BCUT2D eigenvalue weighted by Crippen LogP contribution is -2.33. The van der Waals surface area contributed by atoms with Crippen molar-refractivity contribution in [2.24, 2.45) is 0 Å². The molecule has 1 aliphatic heterocycles. The molecule has 1 aliphatic carbocycles. The maximum absolute atomic E-state index is 13.3. The van der Waals surface area contributed by atoms with E-state index in [4.69, 9.17) is 4.74 Å². The normalized spacial score (nSPS) is 20.7. The number of Topliss-reactive ketones (excluding diaryl/α,β-unsaturated/α-hetero) is 1. The van der Waals surface area contributed by atoms with Gasteiger partial charge in [0, 0.05) is 17.7 Å². The van der Waals surface area contributed by atoms with Crippen LogP contribution < -0.4 is 10.1 Å². The van der Waals surface area contributed by atoms with Gasteiger partial charge in [0.05, 0.1) is 6.61 Å². The topological polar surface area (TPSA) is 69.0 Å². The first kappa shape index (κ1) is 17.7. The zero-order chi connectivity index (χ0) is 19.8. The van der Waals surface area contributed by atoms with Crippen LogP contribution in [-0.4, -0.2) is 27.2 Å². The molecule has 0 fully saturated rings. The van der Waals surface area contributed by atoms with E-state index in [9.17, 15) is 4.79 Å². The van der Waals surface area contributed by atoms with Crippen LogP contribution in [0.3, 0.4) is 0 Å². The molecule has 1 aromatic heterocycles. The van der Waals surface area contributed by atoms with Crippen LogP contribution in [0.2, 0.25) is 0 Å². The number of carbonyl (C=O) groups excluding carboxylic acids is 1. The molecule has 2 aromatic carbocycles. The first-order valence-electron chi connectivity index (χ1n) is 9.95. The van der Waals surface area contributed by atoms with E-state index in [1.54, 1.807) is 4.68 Å². The van der Waals surface area contributed by atoms with E-state index < -0.39 is 0 Å². The predicted octanol–water partition coefficient (Wildman–Crippen LogP) is 4.09. The standard InChI is InChI=1S/C23H22N4O2/c1-2-29-18-10-8-16(9-11-18)22-21-19(26-23-24-14-25-27(22)23)12-17(13-20(21)28)15-6-4-3-5-7-15/h3-11,14,17,22H,2,12-13H2,1H3,(H,24,25,26)/t17-,22+/m1/s1. The number of nitrogens with zero attached hydrogens (tertiary/aromatic N) is 3. The number of ether oxygens (including phenoxy) is 1. The van der Waals surface area contributed by atoms with Crippen molar-refractivity contribution >= 4 is 11.7 Å². The Morgan fingerprint density at radius 3 is 2.62 bits per heavy atom. The first-order chi connectivity index (χ1) is 14.2. The van der Waals surface area contributed by atoms with Gasteiger partial charge in [0.25, 0.3) is 0 Å². The fraction of sp³-hybridized carbons (Fsp3) is 0.261. The Kier molecular flexibility index (Phi) is 4.39. The molecule has 0 radical (unpaired) electrons. The Morgan fingerprint density at radius 2 is 1.86 bits per heavy atom. The number of rotatable bonds is 4. The summed E-state index contributed by atoms with van der Waals surface area (Å²) in [6.45, 7) is 2.58. The van der Waals surface area contributed by atoms with Crippen molar-refractivity contribution in [3.63, 3.8) is 0 Å². The van der Waals surface area contributed by atoms with E-state index in [1.807, 2.05) is 49.4 Å². The maximum Gasteiger partial charge on any atom is 0.226 e. The van der Waals surface area contributed by atoms with Crippen molar-refractivity contribution in [1.29, 1.82) is 0 Å². The molecule has 0 amide bonds. The number of allylic oxidation sites excluding steroid dienone is 2. The number of hydrogen-bond acceptors (Lipinski definition) is 5. The summed E-state index contributed by atoms with van der Waals surface area (Å²) in [5.41, 5.74) is 3.94. The van der Waals surface area contributed by atoms with E-state index in [0.717, 1.165) is 29.0 Å². The van der Waals surface area contributed by atoms with E-state index >= 15 is 0 Å². The maximum atomic E-state index is 13.3. The van der Waals surface area contributed by atoms with Crippen LogP contribution in [0.4, 0.5) is 5.95 Å². The van der Waals surface area contributed by atoms with E-state index in [0.29, 0.717) is 19.0 Å². The molecule has 0 spiro atoms. The molecule has 1 N–H and O–H groups in total. The Hall–Kier alpha value is -3.41. The van der Waals surface area contributed by atoms with Gasteiger partial charge in [0.1, 0.15) is 18.1 Å². The average molecular weight is 386 g/mol. The van der Waals surface area contributed by atoms with Gasteiger partial charge in [-0.2, -0.15) is 10.1 Å². The number of fused-ring (bicyclic) bond motifs is 1. The molecule has 0 saturated carbocycles. The highest BCUT2D eigenvalue weighted by Crippen LogP contribution is 2.43. The molecule has 0 bridgehead atoms. The number of ketones is 1. The highest BCUT2D eigenvalue weighted by molar-refractivity contribution is 6.00. The molecule has 6 nitrogen and oxygen atoms in total. The second-order valence-electron chi connectivity index (χ2n) is 7.39. The lowest BCUT2D eigenvalue weighted by Gasteiger charge is -2.35. The smallest absolute Gasteiger partial charge is 0.226 e. The Labute approximate surface area is 169 Å². The van der Waals surface area contributed by atoms with Gasteiger partial charge < -0.3 is 10.1 Å². The molecule has 2 aliphatic rings. The van der Waals surface area contributed by atoms with Gasteiger partial charge in [-0.15, -0.1) is 0 Å². The zero-order valence-corrected chi connectivity index (χ0v) is 16.2. The first-order valence-corrected chi connectivity index (χ1v) is 9.95. The van der Waals surface area contributed by atoms with Gasteiger partial charge in [0.15, 0.2) is 5.78 Å². The summed E-state index contributed by atoms with van der Waals surface area (Å²) in [5.74, 6) is 1.82. The highest BCUT2D eigenvalue weighted by atomic mass is 16.5. The van der Waals surface area contributed by atoms with Gasteiger partial charge in [-0.3, -0.25) is 4.79 Å². The fourth-order valence-electron chi connectivity index (χ4n) is 4.33. The molecule has 146 valence electrons. The van der Waals surface area contributed by atoms with E-state index in [1.165, 1.54) is 11.9 Å². The fourth-order valence-corrected chi connectivity index (χ4v) is 4.33. The van der Waals surface area contributed by atoms with Gasteiger partial charge >= 0.3 is 0 Å². The van der Waals surface area contributed by atoms with Crippen molar-refractivity contribution in [1.82, 2.24) is 14.8 Å². The third-order valence-corrected chi connectivity index (χ3v) is 5.64. The average Bonchev–Trinajstić information content (AvgIpc) is 3.22. The van der Waals surface area contributed by atoms with Gasteiger partial charge in [0.2, 0.25) is 5.95 Å². The summed E-state index contributed by atoms with van der Waals surface area (Å²) in [7, 11) is 0. The molecular formula is C23H22N4O2. The van der Waals surface area contributed by atoms with Crippen LogP contribution in [0.5, 0.6) is 5.75 Å². The minimum absolute atomic E-state index is 0.160. The second-order valence-corrected chi connectivity index (χ2v) is 7.39. The molecule has 0 unspecified atom stereocenters. The minimum Gasteiger partial charge on any atom is -0.494 e. The molecular weight excluding hydrogens is 364 g/mol. The number of nitrogens with one attached hydrogen (secondary N) is 1. The van der Waals surface area contributed by atoms with Crippen LogP contribution in [0.15, 0.2) is 72.2 Å². The summed E-state index contributed by atoms with van der Waals surface area (Å²) in [6, 6.07) is 17.9. The Bertz CT molecular complexity index is 1070. The minimum atomic E-state index is -0.274. The summed E-state index contributed by atoms with van der Waals surface area (Å²) in [4.78, 5) is 17.7. The van der Waals surface area contributed by atoms with Crippen LogP contribution >= 0.6 is 0 Å². The third-order valence-electron chi connectivity index (χ3n) is 5.64. The Morgan fingerprint density at radius 1 is 1.07 bits per heavy atom. The molecule has 0 saturated heterocycles. The van der Waals surface area contributed by atoms with Crippen molar-refractivity contribution in [3.05, 3.63) is 83.3 Å². The van der Waals surface area contributed by atoms with Gasteiger partial charge in [-0.05, 0) is 42.5 Å². The second kappa shape index (κ2) is 7.20. The highest BCUT2D eigenvalue weighted by Gasteiger charge is 2.39. The number of hydrogen-bond donors (Lipinski definition) is 1. The molecule has 5 rings (SSSR count). The van der Waals surface area contributed by atoms with E-state index in [-0.39, 0.29) is 17.7 Å². The molecule has 29 heavy (non-hydrogen) atoms. The quantitative estimate of drug-likeness (QED) is 0.731. The largest absolute Gasteiger partial charge is 0.494 e. The SMILES string of the molecule is CCOc1ccc([C@H]2C3=C(C[C@@H](c4ccccc4)CC3=O)Nc3ncnn32)cc1.